The molecule has 0 saturated carbocycles. The molecule has 0 aliphatic heterocycles. The number of halogens is 3. The second-order valence-electron chi connectivity index (χ2n) is 6.21. The van der Waals surface area contributed by atoms with Crippen molar-refractivity contribution in [3.05, 3.63) is 53.6 Å². The Hall–Kier alpha value is -2.73. The molecule has 2 aromatic carbocycles. The van der Waals surface area contributed by atoms with Gasteiger partial charge in [-0.15, -0.1) is 0 Å². The van der Waals surface area contributed by atoms with Crippen molar-refractivity contribution in [2.45, 2.75) is 17.5 Å². The van der Waals surface area contributed by atoms with Gasteiger partial charge in [-0.3, -0.25) is 0 Å². The van der Waals surface area contributed by atoms with Gasteiger partial charge in [-0.2, -0.15) is 18.4 Å². The molecule has 0 unspecified atom stereocenters. The molecule has 0 radical (unpaired) electrons. The Labute approximate surface area is 161 Å². The molecule has 2 aromatic rings. The van der Waals surface area contributed by atoms with Crippen LogP contribution in [0.25, 0.3) is 0 Å². The monoisotopic (exact) mass is 412 g/mol. The van der Waals surface area contributed by atoms with Gasteiger partial charge in [0.2, 0.25) is 0 Å². The number of sulfone groups is 1. The first-order chi connectivity index (χ1) is 13.0. The smallest absolute Gasteiger partial charge is 0.417 e. The number of rotatable bonds is 7. The third-order valence-corrected chi connectivity index (χ3v) is 5.16. The van der Waals surface area contributed by atoms with Crippen LogP contribution in [0.1, 0.15) is 17.5 Å². The van der Waals surface area contributed by atoms with E-state index in [1.54, 1.807) is 30.1 Å². The SMILES string of the molecule is CN(CCCOc1ccc(S(C)(=O)=O)cc1)c1ccc(C#N)c(C(F)(F)F)c1. The van der Waals surface area contributed by atoms with Crippen LogP contribution in [0.5, 0.6) is 5.75 Å². The second kappa shape index (κ2) is 8.52. The largest absolute Gasteiger partial charge is 0.494 e. The van der Waals surface area contributed by atoms with E-state index in [0.29, 0.717) is 31.0 Å². The number of benzene rings is 2. The number of anilines is 1. The lowest BCUT2D eigenvalue weighted by Gasteiger charge is -2.21. The number of nitrogens with zero attached hydrogens (tertiary/aromatic N) is 2. The molecule has 0 spiro atoms. The van der Waals surface area contributed by atoms with Crippen LogP contribution < -0.4 is 9.64 Å². The predicted octanol–water partition coefficient (Wildman–Crippen LogP) is 3.89. The summed E-state index contributed by atoms with van der Waals surface area (Å²) >= 11 is 0. The standard InChI is InChI=1S/C19H19F3N2O3S/c1-24(15-5-4-14(13-23)18(12-15)19(20,21)22)10-3-11-27-16-6-8-17(9-7-16)28(2,25)26/h4-9,12H,3,10-11H2,1-2H3. The van der Waals surface area contributed by atoms with Gasteiger partial charge >= 0.3 is 6.18 Å². The Balaban J connectivity index is 1.92. The molecule has 0 atom stereocenters. The fourth-order valence-electron chi connectivity index (χ4n) is 2.51. The van der Waals surface area contributed by atoms with Crippen molar-refractivity contribution in [3.8, 4) is 11.8 Å². The number of alkyl halides is 3. The average Bonchev–Trinajstić information content (AvgIpc) is 2.63. The summed E-state index contributed by atoms with van der Waals surface area (Å²) in [5.74, 6) is 0.507. The zero-order valence-corrected chi connectivity index (χ0v) is 16.1. The summed E-state index contributed by atoms with van der Waals surface area (Å²) in [5, 5.41) is 8.84. The van der Waals surface area contributed by atoms with Crippen molar-refractivity contribution >= 4 is 15.5 Å². The maximum Gasteiger partial charge on any atom is 0.417 e. The zero-order chi connectivity index (χ0) is 20.9. The van der Waals surface area contributed by atoms with Crippen molar-refractivity contribution in [1.82, 2.24) is 0 Å². The van der Waals surface area contributed by atoms with Crippen molar-refractivity contribution in [3.63, 3.8) is 0 Å². The number of hydrogen-bond acceptors (Lipinski definition) is 5. The molecule has 0 saturated heterocycles. The Bertz CT molecular complexity index is 965. The molecule has 0 N–H and O–H groups in total. The third-order valence-electron chi connectivity index (χ3n) is 4.03. The van der Waals surface area contributed by atoms with Crippen LogP contribution >= 0.6 is 0 Å². The summed E-state index contributed by atoms with van der Waals surface area (Å²) in [5.41, 5.74) is -1.02. The minimum Gasteiger partial charge on any atom is -0.494 e. The van der Waals surface area contributed by atoms with E-state index < -0.39 is 27.1 Å². The van der Waals surface area contributed by atoms with Gasteiger partial charge in [-0.05, 0) is 48.9 Å². The maximum absolute atomic E-state index is 13.0. The molecule has 28 heavy (non-hydrogen) atoms. The van der Waals surface area contributed by atoms with E-state index in [4.69, 9.17) is 10.00 Å². The molecule has 150 valence electrons. The van der Waals surface area contributed by atoms with Gasteiger partial charge in [-0.25, -0.2) is 8.42 Å². The number of nitriles is 1. The average molecular weight is 412 g/mol. The Morgan fingerprint density at radius 1 is 1.14 bits per heavy atom. The third kappa shape index (κ3) is 5.63. The zero-order valence-electron chi connectivity index (χ0n) is 15.3. The quantitative estimate of drug-likeness (QED) is 0.646. The number of hydrogen-bond donors (Lipinski definition) is 0. The van der Waals surface area contributed by atoms with E-state index in [9.17, 15) is 21.6 Å². The Kier molecular flexibility index (Phi) is 6.56. The molecule has 5 nitrogen and oxygen atoms in total. The highest BCUT2D eigenvalue weighted by atomic mass is 32.2. The molecule has 0 heterocycles. The summed E-state index contributed by atoms with van der Waals surface area (Å²) in [7, 11) is -1.61. The fraction of sp³-hybridized carbons (Fsp3) is 0.316. The Morgan fingerprint density at radius 3 is 2.32 bits per heavy atom. The van der Waals surface area contributed by atoms with E-state index >= 15 is 0 Å². The van der Waals surface area contributed by atoms with Crippen LogP contribution in [-0.4, -0.2) is 34.9 Å². The molecule has 0 fully saturated rings. The summed E-state index contributed by atoms with van der Waals surface area (Å²) in [6.07, 6.45) is -2.94. The molecular weight excluding hydrogens is 393 g/mol. The van der Waals surface area contributed by atoms with Crippen molar-refractivity contribution in [2.75, 3.05) is 31.4 Å². The van der Waals surface area contributed by atoms with E-state index in [2.05, 4.69) is 0 Å². The van der Waals surface area contributed by atoms with E-state index in [1.807, 2.05) is 0 Å². The topological polar surface area (TPSA) is 70.4 Å². The van der Waals surface area contributed by atoms with Crippen LogP contribution in [0, 0.1) is 11.3 Å². The second-order valence-corrected chi connectivity index (χ2v) is 8.22. The van der Waals surface area contributed by atoms with Crippen molar-refractivity contribution in [1.29, 1.82) is 5.26 Å². The summed E-state index contributed by atoms with van der Waals surface area (Å²) in [6, 6.07) is 11.2. The fourth-order valence-corrected chi connectivity index (χ4v) is 3.14. The highest BCUT2D eigenvalue weighted by molar-refractivity contribution is 7.90. The van der Waals surface area contributed by atoms with Gasteiger partial charge in [0, 0.05) is 25.5 Å². The molecule has 9 heteroatoms. The summed E-state index contributed by atoms with van der Waals surface area (Å²) < 4.78 is 67.5. The van der Waals surface area contributed by atoms with Gasteiger partial charge in [-0.1, -0.05) is 0 Å². The van der Waals surface area contributed by atoms with Gasteiger partial charge in [0.1, 0.15) is 5.75 Å². The van der Waals surface area contributed by atoms with Crippen molar-refractivity contribution in [2.24, 2.45) is 0 Å². The predicted molar refractivity (Wildman–Crippen MR) is 99.1 cm³/mol. The van der Waals surface area contributed by atoms with E-state index in [-0.39, 0.29) is 4.90 Å². The van der Waals surface area contributed by atoms with E-state index in [0.717, 1.165) is 18.4 Å². The molecule has 0 aliphatic rings. The first kappa shape index (κ1) is 21.6. The minimum atomic E-state index is -4.59. The molecule has 2 rings (SSSR count). The van der Waals surface area contributed by atoms with Crippen LogP contribution in [0.15, 0.2) is 47.4 Å². The molecular formula is C19H19F3N2O3S. The summed E-state index contributed by atoms with van der Waals surface area (Å²) in [4.78, 5) is 1.84. The highest BCUT2D eigenvalue weighted by Crippen LogP contribution is 2.34. The molecule has 0 amide bonds. The molecule has 0 aliphatic carbocycles. The van der Waals surface area contributed by atoms with Crippen molar-refractivity contribution < 1.29 is 26.3 Å². The lowest BCUT2D eigenvalue weighted by molar-refractivity contribution is -0.137. The van der Waals surface area contributed by atoms with Gasteiger partial charge in [0.05, 0.1) is 28.7 Å². The lowest BCUT2D eigenvalue weighted by Crippen LogP contribution is -2.21. The molecule has 0 aromatic heterocycles. The summed E-state index contributed by atoms with van der Waals surface area (Å²) in [6.45, 7) is 0.746. The molecule has 0 bridgehead atoms. The minimum absolute atomic E-state index is 0.195. The van der Waals surface area contributed by atoms with Crippen LogP contribution in [0.3, 0.4) is 0 Å². The number of ether oxygens (including phenoxy) is 1. The lowest BCUT2D eigenvalue weighted by atomic mass is 10.1. The normalized spacial score (nSPS) is 11.7. The van der Waals surface area contributed by atoms with Gasteiger partial charge < -0.3 is 9.64 Å². The van der Waals surface area contributed by atoms with Gasteiger partial charge in [0.25, 0.3) is 0 Å². The Morgan fingerprint density at radius 2 is 1.79 bits per heavy atom. The first-order valence-electron chi connectivity index (χ1n) is 8.28. The highest BCUT2D eigenvalue weighted by Gasteiger charge is 2.34. The van der Waals surface area contributed by atoms with Crippen LogP contribution in [0.2, 0.25) is 0 Å². The van der Waals surface area contributed by atoms with E-state index in [1.165, 1.54) is 18.2 Å². The van der Waals surface area contributed by atoms with Gasteiger partial charge in [0.15, 0.2) is 9.84 Å². The maximum atomic E-state index is 13.0. The van der Waals surface area contributed by atoms with Crippen LogP contribution in [0.4, 0.5) is 18.9 Å². The first-order valence-corrected chi connectivity index (χ1v) is 10.2. The van der Waals surface area contributed by atoms with Crippen LogP contribution in [-0.2, 0) is 16.0 Å².